The smallest absolute Gasteiger partial charge is 0.147 e. The van der Waals surface area contributed by atoms with Crippen LogP contribution >= 0.6 is 0 Å². The number of hydrogen-bond donors (Lipinski definition) is 1. The summed E-state index contributed by atoms with van der Waals surface area (Å²) in [5.41, 5.74) is 2.31. The van der Waals surface area contributed by atoms with Crippen molar-refractivity contribution in [1.29, 1.82) is 0 Å². The molecule has 5 rings (SSSR count). The van der Waals surface area contributed by atoms with Crippen molar-refractivity contribution in [3.8, 4) is 0 Å². The van der Waals surface area contributed by atoms with Crippen molar-refractivity contribution >= 4 is 37.9 Å². The predicted octanol–water partition coefficient (Wildman–Crippen LogP) is 4.59. The highest BCUT2D eigenvalue weighted by Gasteiger charge is 2.33. The van der Waals surface area contributed by atoms with E-state index in [1.54, 1.807) is 12.3 Å². The highest BCUT2D eigenvalue weighted by Crippen LogP contribution is 2.38. The van der Waals surface area contributed by atoms with E-state index in [2.05, 4.69) is 51.1 Å². The van der Waals surface area contributed by atoms with Crippen LogP contribution in [0.25, 0.3) is 10.8 Å². The molecule has 1 aliphatic carbocycles. The number of sulfone groups is 1. The van der Waals surface area contributed by atoms with Gasteiger partial charge >= 0.3 is 0 Å². The zero-order chi connectivity index (χ0) is 24.0. The van der Waals surface area contributed by atoms with Gasteiger partial charge in [-0.1, -0.05) is 19.9 Å². The number of halogens is 1. The molecule has 2 aromatic heterocycles. The Labute approximate surface area is 199 Å². The number of rotatable bonds is 7. The zero-order valence-electron chi connectivity index (χ0n) is 19.7. The van der Waals surface area contributed by atoms with E-state index in [1.165, 1.54) is 11.8 Å². The number of nitrogens with zero attached hydrogens (tertiary/aromatic N) is 4. The lowest BCUT2D eigenvalue weighted by molar-refractivity contribution is 0.174. The number of anilines is 3. The fourth-order valence-electron chi connectivity index (χ4n) is 4.92. The van der Waals surface area contributed by atoms with Crippen molar-refractivity contribution in [3.05, 3.63) is 48.0 Å². The number of aromatic nitrogens is 3. The number of pyridine rings is 1. The summed E-state index contributed by atoms with van der Waals surface area (Å²) in [6, 6.07) is 8.12. The highest BCUT2D eigenvalue weighted by molar-refractivity contribution is 7.90. The van der Waals surface area contributed by atoms with Crippen LogP contribution in [0, 0.1) is 5.92 Å². The van der Waals surface area contributed by atoms with Gasteiger partial charge in [0.1, 0.15) is 33.5 Å². The van der Waals surface area contributed by atoms with E-state index in [-0.39, 0.29) is 17.6 Å². The van der Waals surface area contributed by atoms with Crippen LogP contribution < -0.4 is 10.2 Å². The van der Waals surface area contributed by atoms with E-state index in [4.69, 9.17) is 0 Å². The third-order valence-corrected chi connectivity index (χ3v) is 7.82. The second-order valence-electron chi connectivity index (χ2n) is 10.00. The molecule has 0 atom stereocenters. The summed E-state index contributed by atoms with van der Waals surface area (Å²) in [7, 11) is -2.97. The van der Waals surface area contributed by atoms with Crippen LogP contribution in [0.5, 0.6) is 0 Å². The molecule has 2 aliphatic rings. The Morgan fingerprint density at radius 3 is 2.56 bits per heavy atom. The molecule has 9 heteroatoms. The SMILES string of the molecule is CC(C)c1ccc(N2CC(CS(C)(=O)=O)C2)c2cnc(Nc3ccnc(C4CC(F)C4)n3)cc12. The molecule has 1 aliphatic heterocycles. The maximum Gasteiger partial charge on any atom is 0.147 e. The summed E-state index contributed by atoms with van der Waals surface area (Å²) in [5, 5.41) is 5.46. The highest BCUT2D eigenvalue weighted by atomic mass is 32.2. The molecule has 180 valence electrons. The average Bonchev–Trinajstić information content (AvgIpc) is 2.72. The summed E-state index contributed by atoms with van der Waals surface area (Å²) in [6.45, 7) is 5.80. The Morgan fingerprint density at radius 1 is 1.12 bits per heavy atom. The summed E-state index contributed by atoms with van der Waals surface area (Å²) < 4.78 is 36.5. The molecule has 0 radical (unpaired) electrons. The number of fused-ring (bicyclic) bond motifs is 1. The molecule has 0 unspecified atom stereocenters. The Kier molecular flexibility index (Phi) is 5.91. The quantitative estimate of drug-likeness (QED) is 0.526. The average molecular weight is 484 g/mol. The molecule has 1 saturated carbocycles. The van der Waals surface area contributed by atoms with Gasteiger partial charge in [0.25, 0.3) is 0 Å². The first-order valence-corrected chi connectivity index (χ1v) is 13.8. The fraction of sp³-hybridized carbons (Fsp3) is 0.480. The first-order valence-electron chi connectivity index (χ1n) is 11.8. The van der Waals surface area contributed by atoms with E-state index in [0.29, 0.717) is 36.2 Å². The third-order valence-electron chi connectivity index (χ3n) is 6.75. The molecule has 1 saturated heterocycles. The first kappa shape index (κ1) is 23.0. The van der Waals surface area contributed by atoms with Crippen molar-refractivity contribution in [3.63, 3.8) is 0 Å². The van der Waals surface area contributed by atoms with Crippen LogP contribution in [-0.4, -0.2) is 54.6 Å². The third kappa shape index (κ3) is 4.71. The Balaban J connectivity index is 1.41. The topological polar surface area (TPSA) is 88.1 Å². The van der Waals surface area contributed by atoms with Gasteiger partial charge in [-0.15, -0.1) is 0 Å². The summed E-state index contributed by atoms with van der Waals surface area (Å²) in [4.78, 5) is 15.8. The van der Waals surface area contributed by atoms with Crippen LogP contribution in [0.4, 0.5) is 21.7 Å². The second kappa shape index (κ2) is 8.76. The van der Waals surface area contributed by atoms with Crippen molar-refractivity contribution in [2.75, 3.05) is 35.3 Å². The lowest BCUT2D eigenvalue weighted by Crippen LogP contribution is -2.49. The minimum absolute atomic E-state index is 0.0828. The molecule has 34 heavy (non-hydrogen) atoms. The number of alkyl halides is 1. The fourth-order valence-corrected chi connectivity index (χ4v) is 5.99. The van der Waals surface area contributed by atoms with E-state index in [1.807, 2.05) is 12.3 Å². The molecular weight excluding hydrogens is 453 g/mol. The minimum atomic E-state index is -2.97. The van der Waals surface area contributed by atoms with Gasteiger partial charge in [-0.25, -0.2) is 27.8 Å². The van der Waals surface area contributed by atoms with Gasteiger partial charge in [-0.3, -0.25) is 0 Å². The molecule has 3 aromatic rings. The second-order valence-corrected chi connectivity index (χ2v) is 12.2. The normalized spacial score (nSPS) is 20.9. The Morgan fingerprint density at radius 2 is 1.88 bits per heavy atom. The zero-order valence-corrected chi connectivity index (χ0v) is 20.5. The maximum absolute atomic E-state index is 13.3. The molecule has 2 fully saturated rings. The monoisotopic (exact) mass is 483 g/mol. The standard InChI is InChI=1S/C25H30FN5O2S/c1-15(2)19-4-5-22(31-12-16(13-31)14-34(3,32)33)21-11-28-24(10-20(19)21)29-23-6-7-27-25(30-23)17-8-18(26)9-17/h4-7,10-11,15-18H,8-9,12-14H2,1-3H3,(H,27,28,29,30). The van der Waals surface area contributed by atoms with Crippen molar-refractivity contribution in [2.24, 2.45) is 5.92 Å². The molecule has 1 aromatic carbocycles. The summed E-state index contributed by atoms with van der Waals surface area (Å²) >= 11 is 0. The maximum atomic E-state index is 13.3. The molecule has 0 bridgehead atoms. The van der Waals surface area contributed by atoms with Crippen molar-refractivity contribution < 1.29 is 12.8 Å². The largest absolute Gasteiger partial charge is 0.370 e. The van der Waals surface area contributed by atoms with Gasteiger partial charge in [0, 0.05) is 54.6 Å². The molecule has 3 heterocycles. The molecule has 7 nitrogen and oxygen atoms in total. The summed E-state index contributed by atoms with van der Waals surface area (Å²) in [6.07, 6.45) is 5.10. The van der Waals surface area contributed by atoms with Crippen LogP contribution in [0.2, 0.25) is 0 Å². The van der Waals surface area contributed by atoms with Crippen LogP contribution in [0.3, 0.4) is 0 Å². The Bertz CT molecular complexity index is 1320. The number of hydrogen-bond acceptors (Lipinski definition) is 7. The molecule has 0 amide bonds. The van der Waals surface area contributed by atoms with Gasteiger partial charge in [0.05, 0.1) is 5.75 Å². The van der Waals surface area contributed by atoms with E-state index in [0.717, 1.165) is 29.5 Å². The molecule has 1 N–H and O–H groups in total. The number of nitrogens with one attached hydrogen (secondary N) is 1. The van der Waals surface area contributed by atoms with Crippen molar-refractivity contribution in [2.45, 2.75) is 44.7 Å². The van der Waals surface area contributed by atoms with Crippen LogP contribution in [-0.2, 0) is 9.84 Å². The van der Waals surface area contributed by atoms with Gasteiger partial charge in [0.2, 0.25) is 0 Å². The van der Waals surface area contributed by atoms with Crippen LogP contribution in [0.1, 0.15) is 49.9 Å². The lowest BCUT2D eigenvalue weighted by atomic mass is 9.83. The van der Waals surface area contributed by atoms with Crippen molar-refractivity contribution in [1.82, 2.24) is 15.0 Å². The minimum Gasteiger partial charge on any atom is -0.370 e. The van der Waals surface area contributed by atoms with Gasteiger partial charge in [-0.05, 0) is 47.9 Å². The number of benzene rings is 1. The van der Waals surface area contributed by atoms with E-state index in [9.17, 15) is 12.8 Å². The van der Waals surface area contributed by atoms with Gasteiger partial charge in [0.15, 0.2) is 0 Å². The Hall–Kier alpha value is -2.81. The van der Waals surface area contributed by atoms with Gasteiger partial charge < -0.3 is 10.2 Å². The van der Waals surface area contributed by atoms with Crippen LogP contribution in [0.15, 0.2) is 36.7 Å². The summed E-state index contributed by atoms with van der Waals surface area (Å²) in [5.74, 6) is 2.81. The van der Waals surface area contributed by atoms with E-state index < -0.39 is 16.0 Å². The first-order chi connectivity index (χ1) is 16.2. The molecular formula is C25H30FN5O2S. The van der Waals surface area contributed by atoms with Gasteiger partial charge in [-0.2, -0.15) is 0 Å². The predicted molar refractivity (Wildman–Crippen MR) is 133 cm³/mol. The van der Waals surface area contributed by atoms with E-state index >= 15 is 0 Å². The lowest BCUT2D eigenvalue weighted by Gasteiger charge is -2.41. The molecule has 0 spiro atoms.